The summed E-state index contributed by atoms with van der Waals surface area (Å²) in [5.41, 5.74) is 2.55. The summed E-state index contributed by atoms with van der Waals surface area (Å²) >= 11 is 0. The van der Waals surface area contributed by atoms with Crippen LogP contribution in [0.5, 0.6) is 5.75 Å². The van der Waals surface area contributed by atoms with Gasteiger partial charge in [-0.25, -0.2) is 0 Å². The Labute approximate surface area is 200 Å². The lowest BCUT2D eigenvalue weighted by Gasteiger charge is -2.38. The number of aromatic nitrogens is 1. The average Bonchev–Trinajstić information content (AvgIpc) is 3.33. The van der Waals surface area contributed by atoms with Gasteiger partial charge in [0.2, 0.25) is 11.8 Å². The van der Waals surface area contributed by atoms with Crippen LogP contribution in [0.15, 0.2) is 60.8 Å². The van der Waals surface area contributed by atoms with Crippen LogP contribution in [0.25, 0.3) is 10.9 Å². The highest BCUT2D eigenvalue weighted by Crippen LogP contribution is 2.34. The van der Waals surface area contributed by atoms with Crippen molar-refractivity contribution in [2.75, 3.05) is 32.8 Å². The Morgan fingerprint density at radius 2 is 1.68 bits per heavy atom. The van der Waals surface area contributed by atoms with Crippen LogP contribution < -0.4 is 4.74 Å². The molecule has 1 unspecified atom stereocenters. The zero-order valence-electron chi connectivity index (χ0n) is 19.6. The molecular formula is C28H33N3O3. The molecule has 1 aromatic heterocycles. The fourth-order valence-electron chi connectivity index (χ4n) is 5.44. The molecule has 5 rings (SSSR count). The fourth-order valence-corrected chi connectivity index (χ4v) is 5.44. The van der Waals surface area contributed by atoms with E-state index in [0.29, 0.717) is 25.5 Å². The molecule has 2 aliphatic rings. The maximum absolute atomic E-state index is 13.3. The first-order chi connectivity index (χ1) is 16.7. The van der Waals surface area contributed by atoms with Crippen molar-refractivity contribution in [1.29, 1.82) is 0 Å². The number of aromatic amines is 1. The number of rotatable bonds is 6. The van der Waals surface area contributed by atoms with Crippen LogP contribution in [-0.4, -0.2) is 59.4 Å². The predicted octanol–water partition coefficient (Wildman–Crippen LogP) is 4.58. The smallest absolute Gasteiger partial charge is 0.227 e. The van der Waals surface area contributed by atoms with Gasteiger partial charge in [-0.05, 0) is 55.4 Å². The van der Waals surface area contributed by atoms with Crippen molar-refractivity contribution in [3.8, 4) is 5.75 Å². The molecule has 6 nitrogen and oxygen atoms in total. The maximum Gasteiger partial charge on any atom is 0.227 e. The number of para-hydroxylation sites is 2. The molecule has 2 amide bonds. The van der Waals surface area contributed by atoms with Gasteiger partial charge in [-0.3, -0.25) is 9.59 Å². The van der Waals surface area contributed by atoms with E-state index in [-0.39, 0.29) is 17.7 Å². The zero-order valence-corrected chi connectivity index (χ0v) is 19.6. The topological polar surface area (TPSA) is 65.6 Å². The zero-order chi connectivity index (χ0) is 23.3. The molecule has 3 heterocycles. The van der Waals surface area contributed by atoms with Crippen molar-refractivity contribution in [3.63, 3.8) is 0 Å². The van der Waals surface area contributed by atoms with E-state index in [1.165, 1.54) is 16.5 Å². The van der Waals surface area contributed by atoms with E-state index in [1.54, 1.807) is 0 Å². The van der Waals surface area contributed by atoms with Crippen molar-refractivity contribution in [1.82, 2.24) is 14.8 Å². The molecule has 2 aromatic carbocycles. The number of H-pyrrole nitrogens is 1. The lowest BCUT2D eigenvalue weighted by atomic mass is 9.88. The van der Waals surface area contributed by atoms with Gasteiger partial charge in [-0.15, -0.1) is 0 Å². The van der Waals surface area contributed by atoms with E-state index >= 15 is 0 Å². The molecule has 2 fully saturated rings. The fraction of sp³-hybridized carbons (Fsp3) is 0.429. The molecule has 1 N–H and O–H groups in total. The number of benzene rings is 2. The van der Waals surface area contributed by atoms with Crippen LogP contribution in [0, 0.1) is 5.92 Å². The second kappa shape index (κ2) is 10.3. The van der Waals surface area contributed by atoms with Crippen LogP contribution >= 0.6 is 0 Å². The van der Waals surface area contributed by atoms with E-state index < -0.39 is 0 Å². The Bertz CT molecular complexity index is 1120. The van der Waals surface area contributed by atoms with Crippen LogP contribution in [0.2, 0.25) is 0 Å². The molecule has 3 aromatic rings. The number of nitrogens with one attached hydrogen (secondary N) is 1. The summed E-state index contributed by atoms with van der Waals surface area (Å²) in [6, 6.07) is 18.0. The summed E-state index contributed by atoms with van der Waals surface area (Å²) in [4.78, 5) is 33.3. The van der Waals surface area contributed by atoms with E-state index in [4.69, 9.17) is 4.74 Å². The summed E-state index contributed by atoms with van der Waals surface area (Å²) in [6.45, 7) is 3.21. The third-order valence-electron chi connectivity index (χ3n) is 7.32. The molecule has 178 valence electrons. The van der Waals surface area contributed by atoms with E-state index in [2.05, 4.69) is 35.4 Å². The maximum atomic E-state index is 13.3. The molecule has 0 bridgehead atoms. The van der Waals surface area contributed by atoms with Crippen LogP contribution in [0.4, 0.5) is 0 Å². The summed E-state index contributed by atoms with van der Waals surface area (Å²) in [7, 11) is 0. The Kier molecular flexibility index (Phi) is 6.84. The lowest BCUT2D eigenvalue weighted by molar-refractivity contribution is -0.141. The first-order valence-electron chi connectivity index (χ1n) is 12.5. The molecule has 0 saturated carbocycles. The monoisotopic (exact) mass is 459 g/mol. The summed E-state index contributed by atoms with van der Waals surface area (Å²) < 4.78 is 5.68. The van der Waals surface area contributed by atoms with Crippen LogP contribution in [-0.2, 0) is 9.59 Å². The Morgan fingerprint density at radius 1 is 0.912 bits per heavy atom. The highest BCUT2D eigenvalue weighted by molar-refractivity contribution is 5.84. The molecule has 2 saturated heterocycles. The van der Waals surface area contributed by atoms with Crippen molar-refractivity contribution in [2.45, 2.75) is 38.0 Å². The minimum Gasteiger partial charge on any atom is -0.493 e. The van der Waals surface area contributed by atoms with Gasteiger partial charge in [0.05, 0.1) is 18.9 Å². The van der Waals surface area contributed by atoms with Gasteiger partial charge in [0.1, 0.15) is 5.75 Å². The van der Waals surface area contributed by atoms with Crippen LogP contribution in [0.3, 0.4) is 0 Å². The van der Waals surface area contributed by atoms with E-state index in [0.717, 1.165) is 51.1 Å². The predicted molar refractivity (Wildman–Crippen MR) is 133 cm³/mol. The number of hydrogen-bond acceptors (Lipinski definition) is 3. The standard InChI is InChI=1S/C28H33N3O3/c32-27(14-18-34-23-8-2-1-3-9-23)31-15-6-7-22(20-31)28(33)30-16-12-21(13-17-30)25-19-29-26-11-5-4-10-24(25)26/h1-5,8-11,19,21-22,29H,6-7,12-18,20H2. The van der Waals surface area contributed by atoms with Crippen molar-refractivity contribution in [2.24, 2.45) is 5.92 Å². The molecule has 1 atom stereocenters. The molecule has 0 aliphatic carbocycles. The summed E-state index contributed by atoms with van der Waals surface area (Å²) in [6.07, 6.45) is 6.20. The van der Waals surface area contributed by atoms with Gasteiger partial charge < -0.3 is 19.5 Å². The minimum atomic E-state index is -0.0858. The van der Waals surface area contributed by atoms with Crippen molar-refractivity contribution in [3.05, 3.63) is 66.4 Å². The highest BCUT2D eigenvalue weighted by atomic mass is 16.5. The third-order valence-corrected chi connectivity index (χ3v) is 7.32. The number of nitrogens with zero attached hydrogens (tertiary/aromatic N) is 2. The lowest BCUT2D eigenvalue weighted by Crippen LogP contribution is -2.48. The minimum absolute atomic E-state index is 0.0754. The van der Waals surface area contributed by atoms with Gasteiger partial charge >= 0.3 is 0 Å². The van der Waals surface area contributed by atoms with Gasteiger partial charge in [0.15, 0.2) is 0 Å². The number of carbonyl (C=O) groups is 2. The molecule has 0 spiro atoms. The Balaban J connectivity index is 1.11. The number of amides is 2. The number of hydrogen-bond donors (Lipinski definition) is 1. The highest BCUT2D eigenvalue weighted by Gasteiger charge is 2.33. The second-order valence-electron chi connectivity index (χ2n) is 9.48. The number of ether oxygens (including phenoxy) is 1. The van der Waals surface area contributed by atoms with E-state index in [9.17, 15) is 9.59 Å². The first-order valence-corrected chi connectivity index (χ1v) is 12.5. The number of carbonyl (C=O) groups excluding carboxylic acids is 2. The third kappa shape index (κ3) is 4.96. The molecule has 6 heteroatoms. The van der Waals surface area contributed by atoms with Crippen molar-refractivity contribution >= 4 is 22.7 Å². The molecular weight excluding hydrogens is 426 g/mol. The Hall–Kier alpha value is -3.28. The SMILES string of the molecule is O=C(CCOc1ccccc1)N1CCCC(C(=O)N2CCC(c3c[nH]c4ccccc34)CC2)C1. The van der Waals surface area contributed by atoms with Gasteiger partial charge in [0, 0.05) is 43.3 Å². The van der Waals surface area contributed by atoms with E-state index in [1.807, 2.05) is 40.1 Å². The number of piperidine rings is 2. The quantitative estimate of drug-likeness (QED) is 0.587. The Morgan fingerprint density at radius 3 is 2.50 bits per heavy atom. The van der Waals surface area contributed by atoms with Gasteiger partial charge in [-0.2, -0.15) is 0 Å². The molecule has 34 heavy (non-hydrogen) atoms. The normalized spacial score (nSPS) is 19.4. The van der Waals surface area contributed by atoms with Crippen LogP contribution in [0.1, 0.15) is 43.6 Å². The van der Waals surface area contributed by atoms with Gasteiger partial charge in [0.25, 0.3) is 0 Å². The average molecular weight is 460 g/mol. The number of likely N-dealkylation sites (tertiary alicyclic amines) is 2. The summed E-state index contributed by atoms with van der Waals surface area (Å²) in [5, 5.41) is 1.30. The first kappa shape index (κ1) is 22.5. The number of fused-ring (bicyclic) bond motifs is 1. The van der Waals surface area contributed by atoms with Gasteiger partial charge in [-0.1, -0.05) is 36.4 Å². The molecule has 2 aliphatic heterocycles. The second-order valence-corrected chi connectivity index (χ2v) is 9.48. The summed E-state index contributed by atoms with van der Waals surface area (Å²) in [5.74, 6) is 1.46. The van der Waals surface area contributed by atoms with Crippen molar-refractivity contribution < 1.29 is 14.3 Å². The molecule has 0 radical (unpaired) electrons. The largest absolute Gasteiger partial charge is 0.493 e.